The second-order valence-corrected chi connectivity index (χ2v) is 12.4. The lowest BCUT2D eigenvalue weighted by Crippen LogP contribution is -2.49. The number of fused-ring (bicyclic) bond motifs is 5. The molecule has 3 aliphatic carbocycles. The normalized spacial score (nSPS) is 36.8. The zero-order chi connectivity index (χ0) is 23.1. The summed E-state index contributed by atoms with van der Waals surface area (Å²) in [4.78, 5) is 5.34. The Morgan fingerprint density at radius 3 is 2.65 bits per heavy atom. The molecule has 0 spiro atoms. The highest BCUT2D eigenvalue weighted by atomic mass is 16.5. The minimum atomic E-state index is -0.0827. The van der Waals surface area contributed by atoms with E-state index in [2.05, 4.69) is 34.9 Å². The van der Waals surface area contributed by atoms with Gasteiger partial charge in [0, 0.05) is 25.7 Å². The van der Waals surface area contributed by atoms with Crippen LogP contribution < -0.4 is 4.74 Å². The Hall–Kier alpha value is -1.10. The summed E-state index contributed by atoms with van der Waals surface area (Å²) in [5, 5.41) is 9.68. The summed E-state index contributed by atoms with van der Waals surface area (Å²) < 4.78 is 6.20. The maximum absolute atomic E-state index is 9.68. The van der Waals surface area contributed by atoms with Gasteiger partial charge in [0.25, 0.3) is 0 Å². The van der Waals surface area contributed by atoms with Crippen molar-refractivity contribution in [2.24, 2.45) is 17.3 Å². The minimum absolute atomic E-state index is 0.0827. The molecule has 1 aromatic rings. The molecule has 5 aliphatic rings. The van der Waals surface area contributed by atoms with Gasteiger partial charge in [-0.2, -0.15) is 0 Å². The molecule has 0 radical (unpaired) electrons. The van der Waals surface area contributed by atoms with E-state index < -0.39 is 0 Å². The van der Waals surface area contributed by atoms with Crippen molar-refractivity contribution in [3.63, 3.8) is 0 Å². The first-order valence-corrected chi connectivity index (χ1v) is 14.5. The van der Waals surface area contributed by atoms with Gasteiger partial charge in [-0.1, -0.05) is 13.0 Å². The predicted molar refractivity (Wildman–Crippen MR) is 137 cm³/mol. The summed E-state index contributed by atoms with van der Waals surface area (Å²) in [5.41, 5.74) is 3.78. The number of aliphatic hydroxyl groups excluding tert-OH is 1. The maximum Gasteiger partial charge on any atom is 0.119 e. The van der Waals surface area contributed by atoms with Crippen LogP contribution in [0.2, 0.25) is 0 Å². The highest BCUT2D eigenvalue weighted by molar-refractivity contribution is 5.40. The van der Waals surface area contributed by atoms with E-state index in [1.165, 1.54) is 64.5 Å². The van der Waals surface area contributed by atoms with Crippen LogP contribution in [0.4, 0.5) is 0 Å². The average Bonchev–Trinajstić information content (AvgIpc) is 3.50. The number of ether oxygens (including phenoxy) is 1. The molecule has 0 bridgehead atoms. The largest absolute Gasteiger partial charge is 0.494 e. The van der Waals surface area contributed by atoms with E-state index in [1.54, 1.807) is 11.1 Å². The van der Waals surface area contributed by atoms with Gasteiger partial charge in [0.1, 0.15) is 5.75 Å². The number of aryl methyl sites for hydroxylation is 1. The molecule has 0 amide bonds. The van der Waals surface area contributed by atoms with Crippen molar-refractivity contribution in [2.45, 2.75) is 95.6 Å². The molecular formula is C30H46N2O2. The monoisotopic (exact) mass is 466 g/mol. The van der Waals surface area contributed by atoms with Crippen LogP contribution in [0.5, 0.6) is 5.75 Å². The van der Waals surface area contributed by atoms with Gasteiger partial charge >= 0.3 is 0 Å². The van der Waals surface area contributed by atoms with E-state index in [0.29, 0.717) is 5.41 Å². The summed E-state index contributed by atoms with van der Waals surface area (Å²) in [6.45, 7) is 9.31. The van der Waals surface area contributed by atoms with Gasteiger partial charge in [-0.15, -0.1) is 0 Å². The first kappa shape index (κ1) is 23.3. The van der Waals surface area contributed by atoms with Gasteiger partial charge in [-0.25, -0.2) is 0 Å². The number of likely N-dealkylation sites (tertiary alicyclic amines) is 2. The molecule has 4 fully saturated rings. The summed E-state index contributed by atoms with van der Waals surface area (Å²) in [5.74, 6) is 3.68. The first-order valence-electron chi connectivity index (χ1n) is 14.5. The fraction of sp³-hybridized carbons (Fsp3) is 0.800. The van der Waals surface area contributed by atoms with E-state index in [0.717, 1.165) is 75.0 Å². The predicted octanol–water partition coefficient (Wildman–Crippen LogP) is 5.23. The van der Waals surface area contributed by atoms with Gasteiger partial charge < -0.3 is 14.7 Å². The molecule has 2 heterocycles. The standard InChI is InChI=1S/C30H46N2O2/c1-30-14-11-26-25-8-6-24(34-20-4-15-31-18-12-23(33)13-19-31)21-22(25)5-7-27(26)28(30)9-10-29(30)32-16-2-3-17-32/h6,8,21,23,26-29,33H,2-5,7,9-20H2,1H3/t26-,27-,28+,29+,30+/m1/s1. The van der Waals surface area contributed by atoms with Crippen molar-refractivity contribution in [1.82, 2.24) is 9.80 Å². The van der Waals surface area contributed by atoms with Gasteiger partial charge in [-0.3, -0.25) is 4.90 Å². The van der Waals surface area contributed by atoms with Crippen LogP contribution in [0.25, 0.3) is 0 Å². The summed E-state index contributed by atoms with van der Waals surface area (Å²) in [6.07, 6.45) is 14.0. The van der Waals surface area contributed by atoms with Gasteiger partial charge in [-0.05, 0) is 130 Å². The topological polar surface area (TPSA) is 35.9 Å². The molecule has 188 valence electrons. The number of nitrogens with zero attached hydrogens (tertiary/aromatic N) is 2. The van der Waals surface area contributed by atoms with Crippen LogP contribution in [0.15, 0.2) is 18.2 Å². The Bertz CT molecular complexity index is 844. The van der Waals surface area contributed by atoms with Crippen LogP contribution in [-0.2, 0) is 6.42 Å². The fourth-order valence-electron chi connectivity index (χ4n) is 8.89. The Balaban J connectivity index is 1.06. The lowest BCUT2D eigenvalue weighted by Gasteiger charge is -2.52. The van der Waals surface area contributed by atoms with Crippen molar-refractivity contribution in [3.05, 3.63) is 29.3 Å². The molecule has 2 saturated heterocycles. The number of hydrogen-bond acceptors (Lipinski definition) is 4. The molecule has 2 saturated carbocycles. The molecule has 4 nitrogen and oxygen atoms in total. The zero-order valence-corrected chi connectivity index (χ0v) is 21.4. The Morgan fingerprint density at radius 2 is 1.82 bits per heavy atom. The van der Waals surface area contributed by atoms with Gasteiger partial charge in [0.2, 0.25) is 0 Å². The van der Waals surface area contributed by atoms with Crippen molar-refractivity contribution in [2.75, 3.05) is 39.3 Å². The Labute approximate surface area is 207 Å². The maximum atomic E-state index is 9.68. The lowest BCUT2D eigenvalue weighted by atomic mass is 9.55. The third kappa shape index (κ3) is 4.33. The molecule has 0 aromatic heterocycles. The highest BCUT2D eigenvalue weighted by Gasteiger charge is 2.56. The van der Waals surface area contributed by atoms with Crippen LogP contribution in [-0.4, -0.2) is 66.4 Å². The Morgan fingerprint density at radius 1 is 1.00 bits per heavy atom. The Kier molecular flexibility index (Phi) is 6.68. The van der Waals surface area contributed by atoms with Crippen molar-refractivity contribution >= 4 is 0 Å². The molecule has 5 atom stereocenters. The zero-order valence-electron chi connectivity index (χ0n) is 21.4. The molecule has 4 heteroatoms. The highest BCUT2D eigenvalue weighted by Crippen LogP contribution is 2.62. The number of rotatable bonds is 6. The second-order valence-electron chi connectivity index (χ2n) is 12.4. The van der Waals surface area contributed by atoms with E-state index in [9.17, 15) is 5.11 Å². The quantitative estimate of drug-likeness (QED) is 0.582. The van der Waals surface area contributed by atoms with Crippen molar-refractivity contribution in [1.29, 1.82) is 0 Å². The van der Waals surface area contributed by atoms with E-state index in [4.69, 9.17) is 4.74 Å². The molecule has 1 aromatic carbocycles. The lowest BCUT2D eigenvalue weighted by molar-refractivity contribution is 0.00683. The third-order valence-corrected chi connectivity index (χ3v) is 10.7. The van der Waals surface area contributed by atoms with Crippen molar-refractivity contribution < 1.29 is 9.84 Å². The fourth-order valence-corrected chi connectivity index (χ4v) is 8.89. The van der Waals surface area contributed by atoms with Crippen molar-refractivity contribution in [3.8, 4) is 5.75 Å². The van der Waals surface area contributed by atoms with Crippen LogP contribution in [0.1, 0.15) is 88.2 Å². The van der Waals surface area contributed by atoms with Gasteiger partial charge in [0.15, 0.2) is 0 Å². The first-order chi connectivity index (χ1) is 16.6. The molecule has 34 heavy (non-hydrogen) atoms. The number of benzene rings is 1. The minimum Gasteiger partial charge on any atom is -0.494 e. The number of piperidine rings is 1. The SMILES string of the molecule is C[C@]12CC[C@@H]3c4ccc(OCCCN5CCC(O)CC5)cc4CC[C@H]3[C@@H]1CC[C@@H]2N1CCCC1. The third-order valence-electron chi connectivity index (χ3n) is 10.7. The molecular weight excluding hydrogens is 420 g/mol. The summed E-state index contributed by atoms with van der Waals surface area (Å²) in [7, 11) is 0. The smallest absolute Gasteiger partial charge is 0.119 e. The van der Waals surface area contributed by atoms with Crippen LogP contribution >= 0.6 is 0 Å². The molecule has 1 N–H and O–H groups in total. The second kappa shape index (κ2) is 9.75. The number of aliphatic hydroxyl groups is 1. The van der Waals surface area contributed by atoms with E-state index in [1.807, 2.05) is 0 Å². The average molecular weight is 467 g/mol. The van der Waals surface area contributed by atoms with Gasteiger partial charge in [0.05, 0.1) is 12.7 Å². The van der Waals surface area contributed by atoms with Crippen LogP contribution in [0, 0.1) is 17.3 Å². The van der Waals surface area contributed by atoms with E-state index >= 15 is 0 Å². The summed E-state index contributed by atoms with van der Waals surface area (Å²) >= 11 is 0. The molecule has 6 rings (SSSR count). The molecule has 0 unspecified atom stereocenters. The number of hydrogen-bond donors (Lipinski definition) is 1. The molecule has 2 aliphatic heterocycles. The van der Waals surface area contributed by atoms with Crippen LogP contribution in [0.3, 0.4) is 0 Å². The van der Waals surface area contributed by atoms with E-state index in [-0.39, 0.29) is 6.10 Å². The summed E-state index contributed by atoms with van der Waals surface area (Å²) in [6, 6.07) is 7.92.